The Kier molecular flexibility index (Phi) is 3.91. The number of hydrogen-bond donors (Lipinski definition) is 1. The van der Waals surface area contributed by atoms with Gasteiger partial charge in [0, 0.05) is 16.2 Å². The molecule has 1 N–H and O–H groups in total. The number of benzene rings is 1. The molecule has 0 heterocycles. The van der Waals surface area contributed by atoms with E-state index in [1.54, 1.807) is 0 Å². The second-order valence-electron chi connectivity index (χ2n) is 4.95. The zero-order chi connectivity index (χ0) is 11.5. The molecule has 0 bridgehead atoms. The molecule has 88 valence electrons. The van der Waals surface area contributed by atoms with Gasteiger partial charge in [-0.3, -0.25) is 0 Å². The van der Waals surface area contributed by atoms with Crippen LogP contribution in [0.4, 0.5) is 5.69 Å². The summed E-state index contributed by atoms with van der Waals surface area (Å²) < 4.78 is 1.17. The Morgan fingerprint density at radius 1 is 1.31 bits per heavy atom. The summed E-state index contributed by atoms with van der Waals surface area (Å²) in [5.74, 6) is 0.936. The maximum Gasteiger partial charge on any atom is 0.0356 e. The first-order valence-corrected chi connectivity index (χ1v) is 7.00. The second-order valence-corrected chi connectivity index (χ2v) is 5.86. The van der Waals surface area contributed by atoms with Gasteiger partial charge in [-0.05, 0) is 55.9 Å². The average Bonchev–Trinajstić information content (AvgIpc) is 2.64. The van der Waals surface area contributed by atoms with Gasteiger partial charge in [-0.25, -0.2) is 0 Å². The predicted octanol–water partition coefficient (Wildman–Crippen LogP) is 4.75. The van der Waals surface area contributed by atoms with E-state index in [0.29, 0.717) is 6.04 Å². The summed E-state index contributed by atoms with van der Waals surface area (Å²) in [4.78, 5) is 0. The van der Waals surface area contributed by atoms with Crippen molar-refractivity contribution in [1.82, 2.24) is 0 Å². The summed E-state index contributed by atoms with van der Waals surface area (Å²) in [6.07, 6.45) is 5.38. The number of halogens is 1. The van der Waals surface area contributed by atoms with Crippen LogP contribution in [0.2, 0.25) is 0 Å². The number of aryl methyl sites for hydroxylation is 1. The van der Waals surface area contributed by atoms with Crippen molar-refractivity contribution in [3.8, 4) is 0 Å². The van der Waals surface area contributed by atoms with E-state index < -0.39 is 0 Å². The molecule has 0 amide bonds. The van der Waals surface area contributed by atoms with Gasteiger partial charge in [0.25, 0.3) is 0 Å². The molecule has 1 saturated carbocycles. The number of anilines is 1. The number of nitrogens with one attached hydrogen (secondary N) is 1. The lowest BCUT2D eigenvalue weighted by Gasteiger charge is -2.15. The van der Waals surface area contributed by atoms with Crippen LogP contribution in [0.25, 0.3) is 0 Å². The predicted molar refractivity (Wildman–Crippen MR) is 73.9 cm³/mol. The van der Waals surface area contributed by atoms with E-state index >= 15 is 0 Å². The normalized spacial score (nSPS) is 24.7. The highest BCUT2D eigenvalue weighted by molar-refractivity contribution is 9.10. The highest BCUT2D eigenvalue weighted by Crippen LogP contribution is 2.30. The first kappa shape index (κ1) is 12.0. The lowest BCUT2D eigenvalue weighted by molar-refractivity contribution is 0.525. The highest BCUT2D eigenvalue weighted by atomic mass is 79.9. The Hall–Kier alpha value is -0.500. The van der Waals surface area contributed by atoms with E-state index in [4.69, 9.17) is 0 Å². The first-order chi connectivity index (χ1) is 7.67. The molecule has 1 fully saturated rings. The summed E-state index contributed by atoms with van der Waals surface area (Å²) in [7, 11) is 0. The lowest BCUT2D eigenvalue weighted by atomic mass is 10.1. The number of hydrogen-bond acceptors (Lipinski definition) is 1. The molecule has 2 unspecified atom stereocenters. The van der Waals surface area contributed by atoms with Crippen molar-refractivity contribution >= 4 is 21.6 Å². The molecule has 2 heteroatoms. The molecule has 2 atom stereocenters. The summed E-state index contributed by atoms with van der Waals surface area (Å²) in [6, 6.07) is 7.23. The van der Waals surface area contributed by atoms with E-state index in [0.717, 1.165) is 5.92 Å². The smallest absolute Gasteiger partial charge is 0.0356 e. The van der Waals surface area contributed by atoms with Crippen LogP contribution in [0.15, 0.2) is 22.7 Å². The molecule has 0 saturated heterocycles. The van der Waals surface area contributed by atoms with Crippen LogP contribution in [0.5, 0.6) is 0 Å². The summed E-state index contributed by atoms with van der Waals surface area (Å²) in [6.45, 7) is 4.44. The third kappa shape index (κ3) is 3.00. The van der Waals surface area contributed by atoms with Crippen LogP contribution in [0.3, 0.4) is 0 Å². The van der Waals surface area contributed by atoms with Gasteiger partial charge < -0.3 is 5.32 Å². The molecule has 1 aromatic rings. The standard InChI is InChI=1S/C14H20BrN/c1-3-11-4-5-13(8-11)16-14-7-10(2)6-12(15)9-14/h6-7,9,11,13,16H,3-5,8H2,1-2H3. The molecule has 0 radical (unpaired) electrons. The minimum absolute atomic E-state index is 0.679. The van der Waals surface area contributed by atoms with Crippen molar-refractivity contribution in [3.05, 3.63) is 28.2 Å². The van der Waals surface area contributed by atoms with Gasteiger partial charge >= 0.3 is 0 Å². The van der Waals surface area contributed by atoms with Crippen molar-refractivity contribution < 1.29 is 0 Å². The summed E-state index contributed by atoms with van der Waals surface area (Å²) >= 11 is 3.55. The van der Waals surface area contributed by atoms with Crippen LogP contribution < -0.4 is 5.32 Å². The average molecular weight is 282 g/mol. The molecule has 0 aliphatic heterocycles. The van der Waals surface area contributed by atoms with Crippen molar-refractivity contribution in [1.29, 1.82) is 0 Å². The molecular weight excluding hydrogens is 262 g/mol. The van der Waals surface area contributed by atoms with Crippen molar-refractivity contribution in [2.24, 2.45) is 5.92 Å². The van der Waals surface area contributed by atoms with Crippen molar-refractivity contribution in [3.63, 3.8) is 0 Å². The minimum Gasteiger partial charge on any atom is -0.382 e. The molecule has 0 aromatic heterocycles. The topological polar surface area (TPSA) is 12.0 Å². The fraction of sp³-hybridized carbons (Fsp3) is 0.571. The van der Waals surface area contributed by atoms with Crippen LogP contribution in [0.1, 0.15) is 38.2 Å². The van der Waals surface area contributed by atoms with Crippen LogP contribution >= 0.6 is 15.9 Å². The maximum atomic E-state index is 3.66. The van der Waals surface area contributed by atoms with Gasteiger partial charge in [0.15, 0.2) is 0 Å². The molecular formula is C14H20BrN. The second kappa shape index (κ2) is 5.22. The van der Waals surface area contributed by atoms with E-state index in [9.17, 15) is 0 Å². The molecule has 0 spiro atoms. The van der Waals surface area contributed by atoms with E-state index in [-0.39, 0.29) is 0 Å². The quantitative estimate of drug-likeness (QED) is 0.843. The molecule has 16 heavy (non-hydrogen) atoms. The third-order valence-corrected chi connectivity index (χ3v) is 3.99. The van der Waals surface area contributed by atoms with Crippen molar-refractivity contribution in [2.75, 3.05) is 5.32 Å². The van der Waals surface area contributed by atoms with E-state index in [2.05, 4.69) is 53.3 Å². The van der Waals surface area contributed by atoms with Crippen LogP contribution in [0, 0.1) is 12.8 Å². The monoisotopic (exact) mass is 281 g/mol. The Morgan fingerprint density at radius 2 is 2.12 bits per heavy atom. The Bertz CT molecular complexity index is 342. The van der Waals surface area contributed by atoms with Crippen LogP contribution in [-0.4, -0.2) is 6.04 Å². The van der Waals surface area contributed by atoms with E-state index in [1.807, 2.05) is 0 Å². The molecule has 1 aliphatic rings. The largest absolute Gasteiger partial charge is 0.382 e. The molecule has 1 aliphatic carbocycles. The summed E-state index contributed by atoms with van der Waals surface area (Å²) in [5.41, 5.74) is 2.57. The third-order valence-electron chi connectivity index (χ3n) is 3.53. The zero-order valence-corrected chi connectivity index (χ0v) is 11.7. The van der Waals surface area contributed by atoms with Gasteiger partial charge in [-0.1, -0.05) is 29.3 Å². The Morgan fingerprint density at radius 3 is 2.75 bits per heavy atom. The van der Waals surface area contributed by atoms with E-state index in [1.165, 1.54) is 41.4 Å². The van der Waals surface area contributed by atoms with Gasteiger partial charge in [0.2, 0.25) is 0 Å². The fourth-order valence-electron chi connectivity index (χ4n) is 2.63. The Labute approximate surface area is 107 Å². The van der Waals surface area contributed by atoms with Gasteiger partial charge in [-0.15, -0.1) is 0 Å². The molecule has 1 nitrogen and oxygen atoms in total. The summed E-state index contributed by atoms with van der Waals surface area (Å²) in [5, 5.41) is 3.66. The maximum absolute atomic E-state index is 3.66. The lowest BCUT2D eigenvalue weighted by Crippen LogP contribution is -2.15. The molecule has 2 rings (SSSR count). The Balaban J connectivity index is 1.99. The van der Waals surface area contributed by atoms with Crippen LogP contribution in [-0.2, 0) is 0 Å². The van der Waals surface area contributed by atoms with Gasteiger partial charge in [0.05, 0.1) is 0 Å². The SMILES string of the molecule is CCC1CCC(Nc2cc(C)cc(Br)c2)C1. The fourth-order valence-corrected chi connectivity index (χ4v) is 3.24. The highest BCUT2D eigenvalue weighted by Gasteiger charge is 2.22. The van der Waals surface area contributed by atoms with Gasteiger partial charge in [0.1, 0.15) is 0 Å². The number of rotatable bonds is 3. The van der Waals surface area contributed by atoms with Gasteiger partial charge in [-0.2, -0.15) is 0 Å². The van der Waals surface area contributed by atoms with Crippen molar-refractivity contribution in [2.45, 2.75) is 45.6 Å². The molecule has 1 aromatic carbocycles. The minimum atomic E-state index is 0.679. The first-order valence-electron chi connectivity index (χ1n) is 6.21. The zero-order valence-electron chi connectivity index (χ0n) is 10.1.